The van der Waals surface area contributed by atoms with Crippen LogP contribution in [0, 0.1) is 0 Å². The zero-order chi connectivity index (χ0) is 14.0. The number of carbonyl (C=O) groups excluding carboxylic acids is 1. The van der Waals surface area contributed by atoms with Gasteiger partial charge in [-0.3, -0.25) is 4.79 Å². The molecule has 0 atom stereocenters. The highest BCUT2D eigenvalue weighted by Crippen LogP contribution is 2.26. The average Bonchev–Trinajstić information content (AvgIpc) is 2.35. The summed E-state index contributed by atoms with van der Waals surface area (Å²) in [5.74, 6) is -0.220. The van der Waals surface area contributed by atoms with Crippen LogP contribution in [0.3, 0.4) is 0 Å². The molecule has 1 amide bonds. The highest BCUT2D eigenvalue weighted by molar-refractivity contribution is 9.11. The first kappa shape index (κ1) is 14.6. The second-order valence-electron chi connectivity index (χ2n) is 3.81. The normalized spacial score (nSPS) is 10.3. The van der Waals surface area contributed by atoms with Gasteiger partial charge in [-0.05, 0) is 52.3 Å². The van der Waals surface area contributed by atoms with E-state index in [-0.39, 0.29) is 5.91 Å². The highest BCUT2D eigenvalue weighted by atomic mass is 79.9. The van der Waals surface area contributed by atoms with Gasteiger partial charge in [-0.1, -0.05) is 31.9 Å². The number of nitrogens with two attached hydrogens (primary N) is 1. The summed E-state index contributed by atoms with van der Waals surface area (Å²) in [5.41, 5.74) is 7.48. The molecular weight excluding hydrogens is 440 g/mol. The quantitative estimate of drug-likeness (QED) is 0.648. The number of rotatable bonds is 2. The standard InChI is InChI=1S/C13H9Br3N2O/c14-7-1-3-10(16)9(5-7)13(19)18-12-4-2-8(15)6-11(12)17/h1-6H,17H2,(H,18,19). The lowest BCUT2D eigenvalue weighted by atomic mass is 10.2. The number of halogens is 3. The fourth-order valence-electron chi connectivity index (χ4n) is 1.51. The summed E-state index contributed by atoms with van der Waals surface area (Å²) in [6, 6.07) is 10.7. The molecule has 0 radical (unpaired) electrons. The number of hydrogen-bond donors (Lipinski definition) is 2. The van der Waals surface area contributed by atoms with Crippen molar-refractivity contribution in [1.82, 2.24) is 0 Å². The van der Waals surface area contributed by atoms with Crippen LogP contribution in [0.4, 0.5) is 11.4 Å². The van der Waals surface area contributed by atoms with Crippen LogP contribution in [0.1, 0.15) is 10.4 Å². The largest absolute Gasteiger partial charge is 0.397 e. The Labute approximate surface area is 136 Å². The van der Waals surface area contributed by atoms with Gasteiger partial charge in [0.15, 0.2) is 0 Å². The molecule has 0 aliphatic carbocycles. The second kappa shape index (κ2) is 6.07. The zero-order valence-electron chi connectivity index (χ0n) is 9.58. The Kier molecular flexibility index (Phi) is 4.65. The maximum absolute atomic E-state index is 12.2. The SMILES string of the molecule is Nc1cc(Br)ccc1NC(=O)c1cc(Br)ccc1Br. The maximum atomic E-state index is 12.2. The van der Waals surface area contributed by atoms with Gasteiger partial charge in [0.1, 0.15) is 0 Å². The van der Waals surface area contributed by atoms with Crippen LogP contribution < -0.4 is 11.1 Å². The van der Waals surface area contributed by atoms with E-state index >= 15 is 0 Å². The first-order valence-electron chi connectivity index (χ1n) is 5.29. The predicted molar refractivity (Wildman–Crippen MR) is 88.3 cm³/mol. The van der Waals surface area contributed by atoms with Crippen LogP contribution in [0.5, 0.6) is 0 Å². The van der Waals surface area contributed by atoms with Gasteiger partial charge >= 0.3 is 0 Å². The molecule has 0 heterocycles. The summed E-state index contributed by atoms with van der Waals surface area (Å²) in [6.07, 6.45) is 0. The Morgan fingerprint density at radius 2 is 1.63 bits per heavy atom. The van der Waals surface area contributed by atoms with Crippen molar-refractivity contribution in [2.24, 2.45) is 0 Å². The van der Waals surface area contributed by atoms with Gasteiger partial charge in [0.05, 0.1) is 16.9 Å². The Bertz CT molecular complexity index is 644. The van der Waals surface area contributed by atoms with Crippen LogP contribution >= 0.6 is 47.8 Å². The number of nitrogens with one attached hydrogen (secondary N) is 1. The summed E-state index contributed by atoms with van der Waals surface area (Å²) in [7, 11) is 0. The molecule has 0 saturated carbocycles. The molecular formula is C13H9Br3N2O. The molecule has 19 heavy (non-hydrogen) atoms. The zero-order valence-corrected chi connectivity index (χ0v) is 14.3. The van der Waals surface area contributed by atoms with Crippen molar-refractivity contribution in [3.63, 3.8) is 0 Å². The molecule has 2 rings (SSSR count). The van der Waals surface area contributed by atoms with Crippen molar-refractivity contribution in [1.29, 1.82) is 0 Å². The van der Waals surface area contributed by atoms with Crippen LogP contribution in [-0.4, -0.2) is 5.91 Å². The van der Waals surface area contributed by atoms with Crippen LogP contribution in [0.25, 0.3) is 0 Å². The Morgan fingerprint density at radius 1 is 1.00 bits per heavy atom. The third-order valence-corrected chi connectivity index (χ3v) is 4.11. The molecule has 98 valence electrons. The number of hydrogen-bond acceptors (Lipinski definition) is 2. The van der Waals surface area contributed by atoms with Crippen molar-refractivity contribution in [3.8, 4) is 0 Å². The van der Waals surface area contributed by atoms with Crippen molar-refractivity contribution < 1.29 is 4.79 Å². The molecule has 0 aromatic heterocycles. The summed E-state index contributed by atoms with van der Waals surface area (Å²) < 4.78 is 2.43. The van der Waals surface area contributed by atoms with E-state index in [1.807, 2.05) is 18.2 Å². The minimum absolute atomic E-state index is 0.220. The lowest BCUT2D eigenvalue weighted by Gasteiger charge is -2.10. The lowest BCUT2D eigenvalue weighted by Crippen LogP contribution is -2.13. The molecule has 2 aromatic rings. The molecule has 3 N–H and O–H groups in total. The molecule has 0 spiro atoms. The maximum Gasteiger partial charge on any atom is 0.256 e. The third kappa shape index (κ3) is 3.58. The molecule has 0 unspecified atom stereocenters. The molecule has 0 bridgehead atoms. The molecule has 6 heteroatoms. The summed E-state index contributed by atoms with van der Waals surface area (Å²) in [4.78, 5) is 12.2. The summed E-state index contributed by atoms with van der Waals surface area (Å²) in [5, 5.41) is 2.79. The monoisotopic (exact) mass is 446 g/mol. The second-order valence-corrected chi connectivity index (χ2v) is 6.50. The number of nitrogen functional groups attached to an aromatic ring is 1. The smallest absolute Gasteiger partial charge is 0.256 e. The van der Waals surface area contributed by atoms with Gasteiger partial charge in [0.25, 0.3) is 5.91 Å². The van der Waals surface area contributed by atoms with Gasteiger partial charge in [-0.25, -0.2) is 0 Å². The van der Waals surface area contributed by atoms with Gasteiger partial charge in [-0.2, -0.15) is 0 Å². The number of carbonyl (C=O) groups is 1. The van der Waals surface area contributed by atoms with Crippen molar-refractivity contribution in [2.75, 3.05) is 11.1 Å². The van der Waals surface area contributed by atoms with Crippen LogP contribution in [0.15, 0.2) is 49.8 Å². The Balaban J connectivity index is 2.28. The van der Waals surface area contributed by atoms with E-state index in [9.17, 15) is 4.79 Å². The van der Waals surface area contributed by atoms with Crippen molar-refractivity contribution in [2.45, 2.75) is 0 Å². The fourth-order valence-corrected chi connectivity index (χ4v) is 2.68. The summed E-state index contributed by atoms with van der Waals surface area (Å²) in [6.45, 7) is 0. The Hall–Kier alpha value is -0.850. The lowest BCUT2D eigenvalue weighted by molar-refractivity contribution is 0.102. The van der Waals surface area contributed by atoms with Gasteiger partial charge in [0.2, 0.25) is 0 Å². The fraction of sp³-hybridized carbons (Fsp3) is 0. The van der Waals surface area contributed by atoms with E-state index in [2.05, 4.69) is 53.1 Å². The summed E-state index contributed by atoms with van der Waals surface area (Å²) >= 11 is 10.0. The van der Waals surface area contributed by atoms with Gasteiger partial charge < -0.3 is 11.1 Å². The minimum atomic E-state index is -0.220. The molecule has 3 nitrogen and oxygen atoms in total. The molecule has 0 aliphatic rings. The molecule has 0 fully saturated rings. The number of amides is 1. The first-order chi connectivity index (χ1) is 8.97. The van der Waals surface area contributed by atoms with E-state index < -0.39 is 0 Å². The topological polar surface area (TPSA) is 55.1 Å². The third-order valence-electron chi connectivity index (χ3n) is 2.43. The van der Waals surface area contributed by atoms with Gasteiger partial charge in [-0.15, -0.1) is 0 Å². The number of benzene rings is 2. The van der Waals surface area contributed by atoms with E-state index in [0.29, 0.717) is 16.9 Å². The Morgan fingerprint density at radius 3 is 2.32 bits per heavy atom. The van der Waals surface area contributed by atoms with Crippen molar-refractivity contribution >= 4 is 65.1 Å². The number of anilines is 2. The molecule has 0 aliphatic heterocycles. The minimum Gasteiger partial charge on any atom is -0.397 e. The molecule has 0 saturated heterocycles. The van der Waals surface area contributed by atoms with E-state index in [1.54, 1.807) is 18.2 Å². The van der Waals surface area contributed by atoms with Crippen molar-refractivity contribution in [3.05, 3.63) is 55.4 Å². The van der Waals surface area contributed by atoms with Crippen LogP contribution in [-0.2, 0) is 0 Å². The van der Waals surface area contributed by atoms with E-state index in [4.69, 9.17) is 5.73 Å². The van der Waals surface area contributed by atoms with E-state index in [0.717, 1.165) is 13.4 Å². The van der Waals surface area contributed by atoms with Crippen LogP contribution in [0.2, 0.25) is 0 Å². The highest BCUT2D eigenvalue weighted by Gasteiger charge is 2.12. The first-order valence-corrected chi connectivity index (χ1v) is 7.66. The van der Waals surface area contributed by atoms with Gasteiger partial charge in [0, 0.05) is 13.4 Å². The molecule has 2 aromatic carbocycles. The average molecular weight is 449 g/mol. The predicted octanol–water partition coefficient (Wildman–Crippen LogP) is 4.81. The van der Waals surface area contributed by atoms with E-state index in [1.165, 1.54) is 0 Å².